The van der Waals surface area contributed by atoms with Gasteiger partial charge in [0, 0.05) is 32.0 Å². The van der Waals surface area contributed by atoms with Crippen molar-refractivity contribution in [2.45, 2.75) is 6.42 Å². The largest absolute Gasteiger partial charge is 0.397 e. The quantitative estimate of drug-likeness (QED) is 0.714. The lowest BCUT2D eigenvalue weighted by atomic mass is 10.3. The minimum atomic E-state index is -0.176. The predicted octanol–water partition coefficient (Wildman–Crippen LogP) is -0.0988. The SMILES string of the molecule is CN1CCCN(C(=O)c2cc(N)c[nH]2)CC1=O. The summed E-state index contributed by atoms with van der Waals surface area (Å²) in [5, 5.41) is 0. The van der Waals surface area contributed by atoms with Crippen molar-refractivity contribution in [3.05, 3.63) is 18.0 Å². The lowest BCUT2D eigenvalue weighted by Gasteiger charge is -2.18. The van der Waals surface area contributed by atoms with Crippen molar-refractivity contribution in [3.8, 4) is 0 Å². The van der Waals surface area contributed by atoms with Gasteiger partial charge >= 0.3 is 0 Å². The van der Waals surface area contributed by atoms with E-state index in [-0.39, 0.29) is 18.4 Å². The molecule has 6 nitrogen and oxygen atoms in total. The van der Waals surface area contributed by atoms with Crippen LogP contribution in [0.3, 0.4) is 0 Å². The van der Waals surface area contributed by atoms with Gasteiger partial charge in [0.25, 0.3) is 5.91 Å². The number of likely N-dealkylation sites (N-methyl/N-ethyl adjacent to an activating group) is 1. The zero-order valence-corrected chi connectivity index (χ0v) is 9.77. The molecule has 0 unspecified atom stereocenters. The monoisotopic (exact) mass is 236 g/mol. The molecule has 0 bridgehead atoms. The summed E-state index contributed by atoms with van der Waals surface area (Å²) in [6, 6.07) is 1.58. The number of carbonyl (C=O) groups is 2. The summed E-state index contributed by atoms with van der Waals surface area (Å²) < 4.78 is 0. The Morgan fingerprint density at radius 1 is 1.47 bits per heavy atom. The number of anilines is 1. The molecule has 0 atom stereocenters. The van der Waals surface area contributed by atoms with Crippen LogP contribution >= 0.6 is 0 Å². The van der Waals surface area contributed by atoms with E-state index in [0.29, 0.717) is 24.5 Å². The molecule has 6 heteroatoms. The molecule has 0 aliphatic carbocycles. The smallest absolute Gasteiger partial charge is 0.270 e. The topological polar surface area (TPSA) is 82.4 Å². The van der Waals surface area contributed by atoms with Gasteiger partial charge in [0.05, 0.1) is 0 Å². The molecule has 3 N–H and O–H groups in total. The van der Waals surface area contributed by atoms with E-state index in [9.17, 15) is 9.59 Å². The Balaban J connectivity index is 2.11. The summed E-state index contributed by atoms with van der Waals surface area (Å²) in [7, 11) is 1.75. The zero-order chi connectivity index (χ0) is 12.4. The molecule has 2 heterocycles. The van der Waals surface area contributed by atoms with Gasteiger partial charge in [0.15, 0.2) is 0 Å². The summed E-state index contributed by atoms with van der Waals surface area (Å²) in [5.74, 6) is -0.208. The normalized spacial score (nSPS) is 17.1. The minimum Gasteiger partial charge on any atom is -0.397 e. The number of nitrogens with two attached hydrogens (primary N) is 1. The standard InChI is InChI=1S/C11H16N4O2/c1-14-3-2-4-15(7-10(14)16)11(17)9-5-8(12)6-13-9/h5-6,13H,2-4,7,12H2,1H3. The Morgan fingerprint density at radius 2 is 2.24 bits per heavy atom. The highest BCUT2D eigenvalue weighted by molar-refractivity contribution is 5.96. The number of aromatic nitrogens is 1. The number of amides is 2. The molecule has 0 aromatic carbocycles. The first-order chi connectivity index (χ1) is 8.08. The van der Waals surface area contributed by atoms with Crippen LogP contribution in [0.4, 0.5) is 5.69 Å². The molecule has 0 saturated carbocycles. The van der Waals surface area contributed by atoms with Gasteiger partial charge in [-0.25, -0.2) is 0 Å². The maximum absolute atomic E-state index is 12.1. The number of carbonyl (C=O) groups excluding carboxylic acids is 2. The van der Waals surface area contributed by atoms with Crippen molar-refractivity contribution in [2.24, 2.45) is 0 Å². The molecule has 2 rings (SSSR count). The zero-order valence-electron chi connectivity index (χ0n) is 9.77. The lowest BCUT2D eigenvalue weighted by Crippen LogP contribution is -2.38. The average Bonchev–Trinajstić information content (AvgIpc) is 2.65. The molecule has 1 fully saturated rings. The highest BCUT2D eigenvalue weighted by atomic mass is 16.2. The Hall–Kier alpha value is -1.98. The molecule has 17 heavy (non-hydrogen) atoms. The molecular formula is C11H16N4O2. The number of nitrogens with one attached hydrogen (secondary N) is 1. The third-order valence-electron chi connectivity index (χ3n) is 2.90. The van der Waals surface area contributed by atoms with Crippen LogP contribution in [0.5, 0.6) is 0 Å². The molecule has 1 aromatic rings. The van der Waals surface area contributed by atoms with Gasteiger partial charge in [-0.3, -0.25) is 9.59 Å². The van der Waals surface area contributed by atoms with Gasteiger partial charge in [-0.2, -0.15) is 0 Å². The number of nitrogens with zero attached hydrogens (tertiary/aromatic N) is 2. The van der Waals surface area contributed by atoms with E-state index in [0.717, 1.165) is 6.42 Å². The molecule has 0 spiro atoms. The number of H-pyrrole nitrogens is 1. The van der Waals surface area contributed by atoms with Gasteiger partial charge in [-0.1, -0.05) is 0 Å². The molecule has 0 radical (unpaired) electrons. The number of aromatic amines is 1. The summed E-state index contributed by atoms with van der Waals surface area (Å²) in [6.45, 7) is 1.41. The fraction of sp³-hybridized carbons (Fsp3) is 0.455. The van der Waals surface area contributed by atoms with Crippen molar-refractivity contribution < 1.29 is 9.59 Å². The second-order valence-corrected chi connectivity index (χ2v) is 4.24. The second-order valence-electron chi connectivity index (χ2n) is 4.24. The van der Waals surface area contributed by atoms with E-state index in [1.54, 1.807) is 29.1 Å². The highest BCUT2D eigenvalue weighted by Gasteiger charge is 2.24. The van der Waals surface area contributed by atoms with Gasteiger partial charge in [0.2, 0.25) is 5.91 Å². The van der Waals surface area contributed by atoms with Crippen LogP contribution < -0.4 is 5.73 Å². The van der Waals surface area contributed by atoms with Crippen molar-refractivity contribution >= 4 is 17.5 Å². The van der Waals surface area contributed by atoms with Gasteiger partial charge in [0.1, 0.15) is 12.2 Å². The number of nitrogen functional groups attached to an aromatic ring is 1. The van der Waals surface area contributed by atoms with Crippen molar-refractivity contribution in [2.75, 3.05) is 32.4 Å². The highest BCUT2D eigenvalue weighted by Crippen LogP contribution is 2.10. The molecule has 1 aliphatic heterocycles. The summed E-state index contributed by atoms with van der Waals surface area (Å²) in [6.07, 6.45) is 2.36. The van der Waals surface area contributed by atoms with Crippen molar-refractivity contribution in [1.82, 2.24) is 14.8 Å². The molecule has 2 amide bonds. The lowest BCUT2D eigenvalue weighted by molar-refractivity contribution is -0.129. The minimum absolute atomic E-state index is 0.0321. The summed E-state index contributed by atoms with van der Waals surface area (Å²) in [4.78, 5) is 29.8. The first-order valence-corrected chi connectivity index (χ1v) is 5.55. The third-order valence-corrected chi connectivity index (χ3v) is 2.90. The fourth-order valence-electron chi connectivity index (χ4n) is 1.86. The fourth-order valence-corrected chi connectivity index (χ4v) is 1.86. The van der Waals surface area contributed by atoms with Gasteiger partial charge in [-0.05, 0) is 12.5 Å². The molecular weight excluding hydrogens is 220 g/mol. The Morgan fingerprint density at radius 3 is 2.88 bits per heavy atom. The molecule has 1 aromatic heterocycles. The van der Waals surface area contributed by atoms with Crippen molar-refractivity contribution in [3.63, 3.8) is 0 Å². The maximum Gasteiger partial charge on any atom is 0.270 e. The van der Waals surface area contributed by atoms with Crippen LogP contribution in [0, 0.1) is 0 Å². The second kappa shape index (κ2) is 4.48. The van der Waals surface area contributed by atoms with E-state index in [1.165, 1.54) is 0 Å². The maximum atomic E-state index is 12.1. The van der Waals surface area contributed by atoms with Crippen LogP contribution in [0.15, 0.2) is 12.3 Å². The van der Waals surface area contributed by atoms with Crippen LogP contribution in [0.1, 0.15) is 16.9 Å². The van der Waals surface area contributed by atoms with E-state index in [4.69, 9.17) is 5.73 Å². The Kier molecular flexibility index (Phi) is 3.03. The van der Waals surface area contributed by atoms with Crippen LogP contribution in [-0.4, -0.2) is 53.3 Å². The Bertz CT molecular complexity index is 440. The van der Waals surface area contributed by atoms with Crippen molar-refractivity contribution in [1.29, 1.82) is 0 Å². The predicted molar refractivity (Wildman–Crippen MR) is 63.4 cm³/mol. The molecule has 1 aliphatic rings. The first kappa shape index (κ1) is 11.5. The van der Waals surface area contributed by atoms with Crippen LogP contribution in [-0.2, 0) is 4.79 Å². The molecule has 1 saturated heterocycles. The van der Waals surface area contributed by atoms with Gasteiger partial charge < -0.3 is 20.5 Å². The average molecular weight is 236 g/mol. The number of rotatable bonds is 1. The van der Waals surface area contributed by atoms with Gasteiger partial charge in [-0.15, -0.1) is 0 Å². The molecule has 92 valence electrons. The first-order valence-electron chi connectivity index (χ1n) is 5.55. The van der Waals surface area contributed by atoms with E-state index in [1.807, 2.05) is 0 Å². The van der Waals surface area contributed by atoms with Crippen LogP contribution in [0.25, 0.3) is 0 Å². The van der Waals surface area contributed by atoms with E-state index < -0.39 is 0 Å². The summed E-state index contributed by atoms with van der Waals surface area (Å²) in [5.41, 5.74) is 6.50. The Labute approximate surface area is 99.4 Å². The third kappa shape index (κ3) is 2.41. The van der Waals surface area contributed by atoms with Crippen LogP contribution in [0.2, 0.25) is 0 Å². The summed E-state index contributed by atoms with van der Waals surface area (Å²) >= 11 is 0. The number of hydrogen-bond acceptors (Lipinski definition) is 3. The number of hydrogen-bond donors (Lipinski definition) is 2. The van der Waals surface area contributed by atoms with E-state index in [2.05, 4.69) is 4.98 Å². The van der Waals surface area contributed by atoms with E-state index >= 15 is 0 Å².